The van der Waals surface area contributed by atoms with Crippen LogP contribution in [0.25, 0.3) is 10.2 Å². The lowest BCUT2D eigenvalue weighted by Crippen LogP contribution is -1.99. The molecule has 0 aliphatic rings. The summed E-state index contributed by atoms with van der Waals surface area (Å²) >= 11 is 1.45. The Labute approximate surface area is 114 Å². The van der Waals surface area contributed by atoms with Gasteiger partial charge in [-0.25, -0.2) is 9.37 Å². The monoisotopic (exact) mass is 273 g/mol. The van der Waals surface area contributed by atoms with Gasteiger partial charge in [-0.3, -0.25) is 4.98 Å². The van der Waals surface area contributed by atoms with E-state index in [1.807, 2.05) is 25.3 Å². The lowest BCUT2D eigenvalue weighted by atomic mass is 10.2. The third-order valence-corrected chi connectivity index (χ3v) is 3.74. The zero-order chi connectivity index (χ0) is 13.2. The van der Waals surface area contributed by atoms with Crippen molar-refractivity contribution in [1.82, 2.24) is 9.97 Å². The van der Waals surface area contributed by atoms with Crippen molar-refractivity contribution in [3.8, 4) is 0 Å². The van der Waals surface area contributed by atoms with Gasteiger partial charge in [0.05, 0.1) is 10.2 Å². The third kappa shape index (κ3) is 2.71. The van der Waals surface area contributed by atoms with Crippen molar-refractivity contribution in [2.24, 2.45) is 0 Å². The van der Waals surface area contributed by atoms with E-state index in [2.05, 4.69) is 15.3 Å². The largest absolute Gasteiger partial charge is 0.357 e. The number of aryl methyl sites for hydroxylation is 1. The quantitative estimate of drug-likeness (QED) is 0.789. The molecule has 0 radical (unpaired) electrons. The average Bonchev–Trinajstić information content (AvgIpc) is 2.80. The number of rotatable bonds is 3. The summed E-state index contributed by atoms with van der Waals surface area (Å²) in [7, 11) is 0. The van der Waals surface area contributed by atoms with Gasteiger partial charge in [0.2, 0.25) is 0 Å². The molecular weight excluding hydrogens is 261 g/mol. The number of fused-ring (bicyclic) bond motifs is 1. The van der Waals surface area contributed by atoms with E-state index in [1.54, 1.807) is 6.07 Å². The molecule has 0 fully saturated rings. The fraction of sp³-hybridized carbons (Fsp3) is 0.143. The van der Waals surface area contributed by atoms with Crippen LogP contribution in [0, 0.1) is 12.7 Å². The van der Waals surface area contributed by atoms with Gasteiger partial charge < -0.3 is 5.32 Å². The molecule has 2 aromatic heterocycles. The van der Waals surface area contributed by atoms with Crippen LogP contribution in [0.5, 0.6) is 0 Å². The topological polar surface area (TPSA) is 37.8 Å². The molecule has 5 heteroatoms. The minimum atomic E-state index is -0.231. The van der Waals surface area contributed by atoms with Gasteiger partial charge in [0.1, 0.15) is 5.82 Å². The highest BCUT2D eigenvalue weighted by Gasteiger charge is 2.04. The van der Waals surface area contributed by atoms with Gasteiger partial charge in [-0.05, 0) is 36.8 Å². The molecule has 1 aromatic carbocycles. The minimum Gasteiger partial charge on any atom is -0.357 e. The number of nitrogens with zero attached hydrogens (tertiary/aromatic N) is 2. The van der Waals surface area contributed by atoms with E-state index in [9.17, 15) is 4.39 Å². The minimum absolute atomic E-state index is 0.231. The Hall–Kier alpha value is -2.01. The molecule has 2 heterocycles. The van der Waals surface area contributed by atoms with Crippen LogP contribution in [0.4, 0.5) is 9.52 Å². The number of hydrogen-bond donors (Lipinski definition) is 1. The average molecular weight is 273 g/mol. The van der Waals surface area contributed by atoms with E-state index in [4.69, 9.17) is 0 Å². The van der Waals surface area contributed by atoms with Gasteiger partial charge in [0, 0.05) is 18.4 Å². The molecule has 1 N–H and O–H groups in total. The number of benzene rings is 1. The lowest BCUT2D eigenvalue weighted by molar-refractivity contribution is 0.630. The van der Waals surface area contributed by atoms with E-state index >= 15 is 0 Å². The van der Waals surface area contributed by atoms with Crippen molar-refractivity contribution in [2.45, 2.75) is 13.5 Å². The Morgan fingerprint density at radius 3 is 2.95 bits per heavy atom. The molecule has 0 atom stereocenters. The van der Waals surface area contributed by atoms with Crippen LogP contribution < -0.4 is 5.32 Å². The Morgan fingerprint density at radius 1 is 1.26 bits per heavy atom. The summed E-state index contributed by atoms with van der Waals surface area (Å²) < 4.78 is 13.9. The van der Waals surface area contributed by atoms with Crippen LogP contribution >= 0.6 is 11.3 Å². The summed E-state index contributed by atoms with van der Waals surface area (Å²) in [6.45, 7) is 2.62. The molecule has 3 aromatic rings. The highest BCUT2D eigenvalue weighted by molar-refractivity contribution is 7.22. The predicted molar refractivity (Wildman–Crippen MR) is 75.9 cm³/mol. The Morgan fingerprint density at radius 2 is 2.16 bits per heavy atom. The first-order chi connectivity index (χ1) is 9.20. The van der Waals surface area contributed by atoms with E-state index in [0.29, 0.717) is 6.54 Å². The molecule has 0 amide bonds. The number of aromatic nitrogens is 2. The summed E-state index contributed by atoms with van der Waals surface area (Å²) in [6, 6.07) is 8.63. The number of nitrogens with one attached hydrogen (secondary N) is 1. The van der Waals surface area contributed by atoms with Gasteiger partial charge in [-0.2, -0.15) is 0 Å². The van der Waals surface area contributed by atoms with Gasteiger partial charge in [-0.15, -0.1) is 0 Å². The van der Waals surface area contributed by atoms with E-state index in [1.165, 1.54) is 23.5 Å². The van der Waals surface area contributed by atoms with Crippen LogP contribution in [-0.4, -0.2) is 9.97 Å². The highest BCUT2D eigenvalue weighted by atomic mass is 32.1. The van der Waals surface area contributed by atoms with Gasteiger partial charge in [0.15, 0.2) is 5.13 Å². The number of pyridine rings is 1. The predicted octanol–water partition coefficient (Wildman–Crippen LogP) is 3.75. The van der Waals surface area contributed by atoms with Crippen LogP contribution in [0.1, 0.15) is 11.3 Å². The standard InChI is InChI=1S/C14H12FN3S/c1-9-2-3-10(7-16-9)8-17-14-18-12-5-4-11(15)6-13(12)19-14/h2-7H,8H2,1H3,(H,17,18). The molecule has 0 aliphatic heterocycles. The zero-order valence-electron chi connectivity index (χ0n) is 10.4. The first-order valence-corrected chi connectivity index (χ1v) is 6.74. The van der Waals surface area contributed by atoms with E-state index in [0.717, 1.165) is 26.6 Å². The van der Waals surface area contributed by atoms with Crippen LogP contribution in [-0.2, 0) is 6.54 Å². The maximum atomic E-state index is 13.1. The second-order valence-electron chi connectivity index (χ2n) is 4.29. The van der Waals surface area contributed by atoms with Crippen molar-refractivity contribution in [3.63, 3.8) is 0 Å². The van der Waals surface area contributed by atoms with Crippen molar-refractivity contribution in [3.05, 3.63) is 53.6 Å². The maximum Gasteiger partial charge on any atom is 0.184 e. The molecule has 0 bridgehead atoms. The second-order valence-corrected chi connectivity index (χ2v) is 5.32. The smallest absolute Gasteiger partial charge is 0.184 e. The molecule has 19 heavy (non-hydrogen) atoms. The normalized spacial score (nSPS) is 10.8. The van der Waals surface area contributed by atoms with Crippen molar-refractivity contribution >= 4 is 26.7 Å². The second kappa shape index (κ2) is 4.93. The summed E-state index contributed by atoms with van der Waals surface area (Å²) in [4.78, 5) is 8.65. The Bertz CT molecular complexity index is 706. The third-order valence-electron chi connectivity index (χ3n) is 2.77. The zero-order valence-corrected chi connectivity index (χ0v) is 11.2. The number of hydrogen-bond acceptors (Lipinski definition) is 4. The molecular formula is C14H12FN3S. The van der Waals surface area contributed by atoms with Gasteiger partial charge >= 0.3 is 0 Å². The molecule has 0 spiro atoms. The molecule has 3 rings (SSSR count). The summed E-state index contributed by atoms with van der Waals surface area (Å²) in [5.74, 6) is -0.231. The molecule has 0 saturated carbocycles. The summed E-state index contributed by atoms with van der Waals surface area (Å²) in [6.07, 6.45) is 1.84. The first kappa shape index (κ1) is 12.0. The number of anilines is 1. The van der Waals surface area contributed by atoms with Crippen LogP contribution in [0.2, 0.25) is 0 Å². The van der Waals surface area contributed by atoms with Gasteiger partial charge in [-0.1, -0.05) is 17.4 Å². The van der Waals surface area contributed by atoms with E-state index in [-0.39, 0.29) is 5.82 Å². The van der Waals surface area contributed by atoms with Gasteiger partial charge in [0.25, 0.3) is 0 Å². The van der Waals surface area contributed by atoms with Crippen molar-refractivity contribution in [2.75, 3.05) is 5.32 Å². The van der Waals surface area contributed by atoms with Crippen molar-refractivity contribution in [1.29, 1.82) is 0 Å². The van der Waals surface area contributed by atoms with E-state index < -0.39 is 0 Å². The van der Waals surface area contributed by atoms with Crippen molar-refractivity contribution < 1.29 is 4.39 Å². The first-order valence-electron chi connectivity index (χ1n) is 5.92. The maximum absolute atomic E-state index is 13.1. The van der Waals surface area contributed by atoms with Crippen LogP contribution in [0.3, 0.4) is 0 Å². The summed E-state index contributed by atoms with van der Waals surface area (Å²) in [5, 5.41) is 4.03. The number of halogens is 1. The number of thiazole rings is 1. The fourth-order valence-electron chi connectivity index (χ4n) is 1.75. The SMILES string of the molecule is Cc1ccc(CNc2nc3ccc(F)cc3s2)cn1. The molecule has 0 unspecified atom stereocenters. The molecule has 3 nitrogen and oxygen atoms in total. The fourth-order valence-corrected chi connectivity index (χ4v) is 2.64. The molecule has 96 valence electrons. The Balaban J connectivity index is 1.76. The highest BCUT2D eigenvalue weighted by Crippen LogP contribution is 2.26. The molecule has 0 saturated heterocycles. The lowest BCUT2D eigenvalue weighted by Gasteiger charge is -2.02. The Kier molecular flexibility index (Phi) is 3.13. The van der Waals surface area contributed by atoms with Crippen LogP contribution in [0.15, 0.2) is 36.5 Å². The molecule has 0 aliphatic carbocycles. The summed E-state index contributed by atoms with van der Waals surface area (Å²) in [5.41, 5.74) is 2.91.